The number of carbonyl (C=O) groups is 1. The average molecular weight is 421 g/mol. The van der Waals surface area contributed by atoms with Crippen molar-refractivity contribution in [2.45, 2.75) is 13.8 Å². The van der Waals surface area contributed by atoms with Crippen LogP contribution in [0.1, 0.15) is 13.8 Å². The van der Waals surface area contributed by atoms with E-state index in [1.165, 1.54) is 0 Å². The summed E-state index contributed by atoms with van der Waals surface area (Å²) in [4.78, 5) is 16.1. The van der Waals surface area contributed by atoms with Crippen LogP contribution in [0.3, 0.4) is 0 Å². The minimum atomic E-state index is -0.00959. The van der Waals surface area contributed by atoms with E-state index in [1.807, 2.05) is 50.2 Å². The van der Waals surface area contributed by atoms with Gasteiger partial charge in [-0.05, 0) is 38.1 Å². The Hall–Kier alpha value is -3.19. The number of hydrogen-bond acceptors (Lipinski definition) is 6. The molecule has 0 N–H and O–H groups in total. The largest absolute Gasteiger partial charge is 0.484 e. The molecule has 3 aromatic rings. The second kappa shape index (κ2) is 9.75. The van der Waals surface area contributed by atoms with Crippen LogP contribution in [0.4, 0.5) is 5.82 Å². The smallest absolute Gasteiger partial charge is 0.260 e. The van der Waals surface area contributed by atoms with E-state index in [0.717, 1.165) is 40.9 Å². The lowest BCUT2D eigenvalue weighted by molar-refractivity contribution is -0.132. The molecule has 2 aromatic carbocycles. The first kappa shape index (κ1) is 21.1. The Balaban J connectivity index is 1.56. The number of anilines is 1. The van der Waals surface area contributed by atoms with Gasteiger partial charge in [0.05, 0.1) is 13.2 Å². The van der Waals surface area contributed by atoms with Gasteiger partial charge in [0.1, 0.15) is 11.4 Å². The number of benzene rings is 2. The lowest BCUT2D eigenvalue weighted by Gasteiger charge is -2.28. The third-order valence-electron chi connectivity index (χ3n) is 5.58. The zero-order valence-corrected chi connectivity index (χ0v) is 18.1. The van der Waals surface area contributed by atoms with Gasteiger partial charge in [0.2, 0.25) is 0 Å². The standard InChI is InChI=1S/C24H28N4O3/c1-3-27(4-2)22(29)17-31-19-11-9-18(10-12-19)23-20-7-5-6-8-21(20)24(26-25-23)28-13-15-30-16-14-28/h5-12H,3-4,13-17H2,1-2H3. The number of amides is 1. The van der Waals surface area contributed by atoms with E-state index in [4.69, 9.17) is 9.47 Å². The summed E-state index contributed by atoms with van der Waals surface area (Å²) >= 11 is 0. The Labute approximate surface area is 182 Å². The molecule has 0 atom stereocenters. The molecule has 1 amide bonds. The van der Waals surface area contributed by atoms with Crippen molar-refractivity contribution in [3.8, 4) is 17.0 Å². The fourth-order valence-electron chi connectivity index (χ4n) is 3.83. The molecule has 0 radical (unpaired) electrons. The molecule has 31 heavy (non-hydrogen) atoms. The minimum Gasteiger partial charge on any atom is -0.484 e. The maximum atomic E-state index is 12.1. The molecule has 1 fully saturated rings. The van der Waals surface area contributed by atoms with E-state index in [9.17, 15) is 4.79 Å². The second-order valence-corrected chi connectivity index (χ2v) is 7.40. The van der Waals surface area contributed by atoms with Gasteiger partial charge in [0, 0.05) is 42.5 Å². The van der Waals surface area contributed by atoms with Crippen molar-refractivity contribution in [3.05, 3.63) is 48.5 Å². The summed E-state index contributed by atoms with van der Waals surface area (Å²) in [5, 5.41) is 11.3. The van der Waals surface area contributed by atoms with Crippen molar-refractivity contribution in [1.82, 2.24) is 15.1 Å². The predicted molar refractivity (Wildman–Crippen MR) is 121 cm³/mol. The highest BCUT2D eigenvalue weighted by Gasteiger charge is 2.18. The first-order valence-corrected chi connectivity index (χ1v) is 10.8. The fraction of sp³-hybridized carbons (Fsp3) is 0.375. The van der Waals surface area contributed by atoms with E-state index < -0.39 is 0 Å². The normalized spacial score (nSPS) is 13.9. The molecule has 1 aliphatic rings. The number of rotatable bonds is 7. The average Bonchev–Trinajstić information content (AvgIpc) is 2.84. The number of nitrogens with zero attached hydrogens (tertiary/aromatic N) is 4. The summed E-state index contributed by atoms with van der Waals surface area (Å²) in [6, 6.07) is 15.9. The number of ether oxygens (including phenoxy) is 2. The quantitative estimate of drug-likeness (QED) is 0.584. The van der Waals surface area contributed by atoms with E-state index in [2.05, 4.69) is 27.2 Å². The Morgan fingerprint density at radius 3 is 2.35 bits per heavy atom. The third kappa shape index (κ3) is 4.61. The topological polar surface area (TPSA) is 67.8 Å². The Bertz CT molecular complexity index is 1030. The number of hydrogen-bond donors (Lipinski definition) is 0. The molecule has 0 spiro atoms. The maximum Gasteiger partial charge on any atom is 0.260 e. The van der Waals surface area contributed by atoms with Crippen LogP contribution < -0.4 is 9.64 Å². The summed E-state index contributed by atoms with van der Waals surface area (Å²) < 4.78 is 11.2. The number of fused-ring (bicyclic) bond motifs is 1. The minimum absolute atomic E-state index is 0.00959. The summed E-state index contributed by atoms with van der Waals surface area (Å²) in [6.07, 6.45) is 0. The monoisotopic (exact) mass is 420 g/mol. The molecule has 1 saturated heterocycles. The molecule has 1 aromatic heterocycles. The van der Waals surface area contributed by atoms with Gasteiger partial charge in [-0.3, -0.25) is 4.79 Å². The summed E-state index contributed by atoms with van der Waals surface area (Å²) in [5.74, 6) is 1.55. The number of likely N-dealkylation sites (N-methyl/N-ethyl adjacent to an activating group) is 1. The lowest BCUT2D eigenvalue weighted by atomic mass is 10.0. The van der Waals surface area contributed by atoms with Crippen molar-refractivity contribution < 1.29 is 14.3 Å². The van der Waals surface area contributed by atoms with E-state index in [1.54, 1.807) is 4.90 Å². The number of carbonyl (C=O) groups excluding carboxylic acids is 1. The van der Waals surface area contributed by atoms with E-state index in [-0.39, 0.29) is 12.5 Å². The molecule has 0 saturated carbocycles. The van der Waals surface area contributed by atoms with Gasteiger partial charge in [0.15, 0.2) is 12.4 Å². The molecular formula is C24H28N4O3. The van der Waals surface area contributed by atoms with Crippen LogP contribution in [0, 0.1) is 0 Å². The van der Waals surface area contributed by atoms with Crippen LogP contribution in [0.2, 0.25) is 0 Å². The van der Waals surface area contributed by atoms with E-state index >= 15 is 0 Å². The first-order chi connectivity index (χ1) is 15.2. The molecule has 0 bridgehead atoms. The molecule has 0 unspecified atom stereocenters. The molecule has 2 heterocycles. The predicted octanol–water partition coefficient (Wildman–Crippen LogP) is 3.38. The summed E-state index contributed by atoms with van der Waals surface area (Å²) in [7, 11) is 0. The van der Waals surface area contributed by atoms with Gasteiger partial charge in [-0.2, -0.15) is 0 Å². The van der Waals surface area contributed by atoms with Gasteiger partial charge in [-0.25, -0.2) is 0 Å². The molecule has 4 rings (SSSR count). The molecule has 7 heteroatoms. The van der Waals surface area contributed by atoms with Crippen molar-refractivity contribution in [3.63, 3.8) is 0 Å². The van der Waals surface area contributed by atoms with Crippen LogP contribution in [0.15, 0.2) is 48.5 Å². The first-order valence-electron chi connectivity index (χ1n) is 10.8. The van der Waals surface area contributed by atoms with Crippen molar-refractivity contribution in [2.24, 2.45) is 0 Å². The molecule has 0 aliphatic carbocycles. The Morgan fingerprint density at radius 1 is 1.00 bits per heavy atom. The number of aromatic nitrogens is 2. The highest BCUT2D eigenvalue weighted by Crippen LogP contribution is 2.32. The highest BCUT2D eigenvalue weighted by molar-refractivity contribution is 6.00. The SMILES string of the molecule is CCN(CC)C(=O)COc1ccc(-c2nnc(N3CCOCC3)c3ccccc23)cc1. The van der Waals surface area contributed by atoms with Gasteiger partial charge in [-0.15, -0.1) is 10.2 Å². The van der Waals surface area contributed by atoms with Crippen LogP contribution in [-0.4, -0.2) is 67.0 Å². The van der Waals surface area contributed by atoms with Crippen molar-refractivity contribution in [2.75, 3.05) is 50.9 Å². The van der Waals surface area contributed by atoms with Crippen LogP contribution in [0.25, 0.3) is 22.0 Å². The summed E-state index contributed by atoms with van der Waals surface area (Å²) in [5.41, 5.74) is 1.79. The third-order valence-corrected chi connectivity index (χ3v) is 5.58. The number of morpholine rings is 1. The zero-order chi connectivity index (χ0) is 21.6. The van der Waals surface area contributed by atoms with Crippen LogP contribution in [0.5, 0.6) is 5.75 Å². The van der Waals surface area contributed by atoms with E-state index in [0.29, 0.717) is 32.1 Å². The summed E-state index contributed by atoms with van der Waals surface area (Å²) in [6.45, 7) is 8.38. The second-order valence-electron chi connectivity index (χ2n) is 7.40. The molecular weight excluding hydrogens is 392 g/mol. The Morgan fingerprint density at radius 2 is 1.68 bits per heavy atom. The van der Waals surface area contributed by atoms with Crippen LogP contribution in [-0.2, 0) is 9.53 Å². The lowest BCUT2D eigenvalue weighted by Crippen LogP contribution is -2.37. The van der Waals surface area contributed by atoms with Gasteiger partial charge in [-0.1, -0.05) is 24.3 Å². The fourth-order valence-corrected chi connectivity index (χ4v) is 3.83. The maximum absolute atomic E-state index is 12.1. The Kier molecular flexibility index (Phi) is 6.62. The molecule has 7 nitrogen and oxygen atoms in total. The van der Waals surface area contributed by atoms with Crippen molar-refractivity contribution in [1.29, 1.82) is 0 Å². The van der Waals surface area contributed by atoms with Gasteiger partial charge < -0.3 is 19.3 Å². The highest BCUT2D eigenvalue weighted by atomic mass is 16.5. The van der Waals surface area contributed by atoms with Gasteiger partial charge >= 0.3 is 0 Å². The molecule has 162 valence electrons. The van der Waals surface area contributed by atoms with Crippen LogP contribution >= 0.6 is 0 Å². The van der Waals surface area contributed by atoms with Gasteiger partial charge in [0.25, 0.3) is 5.91 Å². The molecule has 1 aliphatic heterocycles. The zero-order valence-electron chi connectivity index (χ0n) is 18.1. The van der Waals surface area contributed by atoms with Crippen molar-refractivity contribution >= 4 is 22.5 Å².